The second-order valence-corrected chi connectivity index (χ2v) is 5.14. The molecule has 0 spiro atoms. The van der Waals surface area contributed by atoms with E-state index in [1.165, 1.54) is 16.7 Å². The molecule has 0 N–H and O–H groups in total. The summed E-state index contributed by atoms with van der Waals surface area (Å²) in [4.78, 5) is 0. The van der Waals surface area contributed by atoms with Gasteiger partial charge in [0.25, 0.3) is 0 Å². The van der Waals surface area contributed by atoms with Gasteiger partial charge in [0.2, 0.25) is 0 Å². The summed E-state index contributed by atoms with van der Waals surface area (Å²) in [7, 11) is 0. The van der Waals surface area contributed by atoms with E-state index in [0.717, 1.165) is 11.5 Å². The van der Waals surface area contributed by atoms with E-state index in [1.54, 1.807) is 0 Å². The number of benzene rings is 2. The molecule has 98 valence electrons. The van der Waals surface area contributed by atoms with Crippen molar-refractivity contribution in [2.45, 2.75) is 19.8 Å². The van der Waals surface area contributed by atoms with Crippen LogP contribution < -0.4 is 9.47 Å². The van der Waals surface area contributed by atoms with Crippen LogP contribution in [0.2, 0.25) is 0 Å². The van der Waals surface area contributed by atoms with Crippen LogP contribution in [0.3, 0.4) is 0 Å². The van der Waals surface area contributed by atoms with Crippen LogP contribution in [0.1, 0.15) is 25.3 Å². The lowest BCUT2D eigenvalue weighted by Crippen LogP contribution is -2.15. The van der Waals surface area contributed by atoms with Crippen molar-refractivity contribution in [1.82, 2.24) is 0 Å². The monoisotopic (exact) mass is 254 g/mol. The number of rotatable bonds is 2. The van der Waals surface area contributed by atoms with Gasteiger partial charge in [-0.25, -0.2) is 0 Å². The van der Waals surface area contributed by atoms with E-state index < -0.39 is 0 Å². The van der Waals surface area contributed by atoms with E-state index in [4.69, 9.17) is 9.47 Å². The molecule has 0 bridgehead atoms. The summed E-state index contributed by atoms with van der Waals surface area (Å²) in [5, 5.41) is 0. The highest BCUT2D eigenvalue weighted by atomic mass is 16.6. The van der Waals surface area contributed by atoms with Crippen molar-refractivity contribution in [3.05, 3.63) is 48.0 Å². The van der Waals surface area contributed by atoms with Gasteiger partial charge in [-0.3, -0.25) is 0 Å². The molecule has 0 unspecified atom stereocenters. The summed E-state index contributed by atoms with van der Waals surface area (Å²) in [6.45, 7) is 5.68. The second-order valence-electron chi connectivity index (χ2n) is 5.14. The second kappa shape index (κ2) is 4.96. The molecule has 3 rings (SSSR count). The number of fused-ring (bicyclic) bond motifs is 1. The molecule has 0 aliphatic carbocycles. The topological polar surface area (TPSA) is 18.5 Å². The maximum absolute atomic E-state index is 5.64. The van der Waals surface area contributed by atoms with Crippen molar-refractivity contribution in [3.8, 4) is 22.6 Å². The minimum Gasteiger partial charge on any atom is -0.486 e. The number of hydrogen-bond acceptors (Lipinski definition) is 2. The molecule has 1 aliphatic rings. The van der Waals surface area contributed by atoms with Crippen LogP contribution in [0, 0.1) is 0 Å². The molecule has 1 aliphatic heterocycles. The molecule has 0 atom stereocenters. The lowest BCUT2D eigenvalue weighted by Gasteiger charge is -2.19. The maximum Gasteiger partial charge on any atom is 0.161 e. The summed E-state index contributed by atoms with van der Waals surface area (Å²) in [6, 6.07) is 14.8. The van der Waals surface area contributed by atoms with E-state index in [0.29, 0.717) is 19.1 Å². The standard InChI is InChI=1S/C17H18O2/c1-12(2)13-4-3-5-14(10-13)15-6-7-16-17(11-15)19-9-8-18-16/h3-7,10-12H,8-9H2,1-2H3. The van der Waals surface area contributed by atoms with Crippen LogP contribution >= 0.6 is 0 Å². The first kappa shape index (κ1) is 12.1. The third kappa shape index (κ3) is 2.43. The zero-order valence-corrected chi connectivity index (χ0v) is 11.3. The molecular formula is C17H18O2. The Morgan fingerprint density at radius 1 is 0.842 bits per heavy atom. The molecule has 0 saturated carbocycles. The van der Waals surface area contributed by atoms with E-state index in [-0.39, 0.29) is 0 Å². The normalized spacial score (nSPS) is 13.6. The molecule has 2 nitrogen and oxygen atoms in total. The van der Waals surface area contributed by atoms with Gasteiger partial charge in [-0.1, -0.05) is 44.2 Å². The number of ether oxygens (including phenoxy) is 2. The lowest BCUT2D eigenvalue weighted by molar-refractivity contribution is 0.171. The summed E-state index contributed by atoms with van der Waals surface area (Å²) in [5.41, 5.74) is 3.75. The fraction of sp³-hybridized carbons (Fsp3) is 0.294. The Labute approximate surface area is 114 Å². The molecular weight excluding hydrogens is 236 g/mol. The Bertz CT molecular complexity index is 588. The molecule has 1 heterocycles. The number of hydrogen-bond donors (Lipinski definition) is 0. The fourth-order valence-corrected chi connectivity index (χ4v) is 2.30. The van der Waals surface area contributed by atoms with Crippen LogP contribution in [0.15, 0.2) is 42.5 Å². The highest BCUT2D eigenvalue weighted by Gasteiger charge is 2.12. The highest BCUT2D eigenvalue weighted by molar-refractivity contribution is 5.68. The van der Waals surface area contributed by atoms with Crippen LogP contribution in [0.5, 0.6) is 11.5 Å². The quantitative estimate of drug-likeness (QED) is 0.797. The highest BCUT2D eigenvalue weighted by Crippen LogP contribution is 2.35. The van der Waals surface area contributed by atoms with Gasteiger partial charge in [0, 0.05) is 0 Å². The zero-order chi connectivity index (χ0) is 13.2. The van der Waals surface area contributed by atoms with Gasteiger partial charge in [0.15, 0.2) is 11.5 Å². The minimum atomic E-state index is 0.539. The molecule has 2 aromatic carbocycles. The molecule has 0 amide bonds. The van der Waals surface area contributed by atoms with Gasteiger partial charge < -0.3 is 9.47 Å². The smallest absolute Gasteiger partial charge is 0.161 e. The van der Waals surface area contributed by atoms with Crippen molar-refractivity contribution >= 4 is 0 Å². The molecule has 0 radical (unpaired) electrons. The first-order valence-corrected chi connectivity index (χ1v) is 6.74. The fourth-order valence-electron chi connectivity index (χ4n) is 2.30. The zero-order valence-electron chi connectivity index (χ0n) is 11.3. The molecule has 2 aromatic rings. The van der Waals surface area contributed by atoms with Crippen molar-refractivity contribution in [3.63, 3.8) is 0 Å². The first-order valence-electron chi connectivity index (χ1n) is 6.74. The SMILES string of the molecule is CC(C)c1cccc(-c2ccc3c(c2)OCCO3)c1. The third-order valence-corrected chi connectivity index (χ3v) is 3.43. The predicted molar refractivity (Wildman–Crippen MR) is 77.0 cm³/mol. The molecule has 0 saturated heterocycles. The average Bonchev–Trinajstić information content (AvgIpc) is 2.47. The van der Waals surface area contributed by atoms with Gasteiger partial charge in [0.1, 0.15) is 13.2 Å². The molecule has 19 heavy (non-hydrogen) atoms. The summed E-state index contributed by atoms with van der Waals surface area (Å²) >= 11 is 0. The minimum absolute atomic E-state index is 0.539. The van der Waals surface area contributed by atoms with Gasteiger partial charge in [-0.2, -0.15) is 0 Å². The molecule has 0 fully saturated rings. The van der Waals surface area contributed by atoms with Crippen molar-refractivity contribution in [1.29, 1.82) is 0 Å². The van der Waals surface area contributed by atoms with Gasteiger partial charge in [0.05, 0.1) is 0 Å². The van der Waals surface area contributed by atoms with Crippen molar-refractivity contribution in [2.75, 3.05) is 13.2 Å². The molecule has 2 heteroatoms. The Kier molecular flexibility index (Phi) is 3.16. The Balaban J connectivity index is 2.00. The van der Waals surface area contributed by atoms with Crippen LogP contribution in [-0.4, -0.2) is 13.2 Å². The van der Waals surface area contributed by atoms with E-state index in [9.17, 15) is 0 Å². The van der Waals surface area contributed by atoms with Crippen molar-refractivity contribution in [2.24, 2.45) is 0 Å². The average molecular weight is 254 g/mol. The summed E-state index contributed by atoms with van der Waals surface area (Å²) in [6.07, 6.45) is 0. The Hall–Kier alpha value is -1.96. The van der Waals surface area contributed by atoms with E-state index in [1.807, 2.05) is 6.07 Å². The predicted octanol–water partition coefficient (Wildman–Crippen LogP) is 4.25. The van der Waals surface area contributed by atoms with E-state index >= 15 is 0 Å². The van der Waals surface area contributed by atoms with Crippen LogP contribution in [0.25, 0.3) is 11.1 Å². The van der Waals surface area contributed by atoms with Crippen LogP contribution in [0.4, 0.5) is 0 Å². The van der Waals surface area contributed by atoms with Gasteiger partial charge in [-0.15, -0.1) is 0 Å². The van der Waals surface area contributed by atoms with Gasteiger partial charge in [-0.05, 0) is 34.7 Å². The lowest BCUT2D eigenvalue weighted by atomic mass is 9.97. The van der Waals surface area contributed by atoms with Gasteiger partial charge >= 0.3 is 0 Å². The molecule has 0 aromatic heterocycles. The first-order chi connectivity index (χ1) is 9.24. The maximum atomic E-state index is 5.64. The summed E-state index contributed by atoms with van der Waals surface area (Å²) in [5.74, 6) is 2.23. The Morgan fingerprint density at radius 2 is 1.58 bits per heavy atom. The van der Waals surface area contributed by atoms with Crippen LogP contribution in [-0.2, 0) is 0 Å². The Morgan fingerprint density at radius 3 is 2.37 bits per heavy atom. The third-order valence-electron chi connectivity index (χ3n) is 3.43. The largest absolute Gasteiger partial charge is 0.486 e. The van der Waals surface area contributed by atoms with E-state index in [2.05, 4.69) is 50.2 Å². The van der Waals surface area contributed by atoms with Crippen molar-refractivity contribution < 1.29 is 9.47 Å². The summed E-state index contributed by atoms with van der Waals surface area (Å²) < 4.78 is 11.2.